The molecule has 2 unspecified atom stereocenters. The van der Waals surface area contributed by atoms with E-state index < -0.39 is 11.9 Å². The second kappa shape index (κ2) is 12.9. The van der Waals surface area contributed by atoms with Gasteiger partial charge in [-0.05, 0) is 25.7 Å². The zero-order valence-electron chi connectivity index (χ0n) is 13.8. The summed E-state index contributed by atoms with van der Waals surface area (Å²) in [6.07, 6.45) is 10.1. The molecule has 0 aromatic carbocycles. The summed E-state index contributed by atoms with van der Waals surface area (Å²) in [6.45, 7) is 11.4. The summed E-state index contributed by atoms with van der Waals surface area (Å²) >= 11 is 0. The second-order valence-electron chi connectivity index (χ2n) is 5.04. The van der Waals surface area contributed by atoms with Crippen molar-refractivity contribution < 1.29 is 19.1 Å². The van der Waals surface area contributed by atoms with Crippen molar-refractivity contribution in [2.24, 2.45) is 0 Å². The van der Waals surface area contributed by atoms with E-state index in [4.69, 9.17) is 9.47 Å². The van der Waals surface area contributed by atoms with Gasteiger partial charge in [0.2, 0.25) is 0 Å². The SMILES string of the molecule is C=CC(CCCC)OC(=O)/C=C\C(=O)OC(C=C)CCCC. The molecule has 0 saturated carbocycles. The summed E-state index contributed by atoms with van der Waals surface area (Å²) in [5.41, 5.74) is 0. The average molecular weight is 308 g/mol. The van der Waals surface area contributed by atoms with Gasteiger partial charge in [-0.25, -0.2) is 9.59 Å². The molecule has 0 spiro atoms. The van der Waals surface area contributed by atoms with Crippen molar-refractivity contribution in [3.8, 4) is 0 Å². The minimum absolute atomic E-state index is 0.321. The van der Waals surface area contributed by atoms with Gasteiger partial charge < -0.3 is 9.47 Å². The highest BCUT2D eigenvalue weighted by Crippen LogP contribution is 2.08. The molecule has 0 N–H and O–H groups in total. The number of ether oxygens (including phenoxy) is 2. The number of esters is 2. The van der Waals surface area contributed by atoms with Crippen molar-refractivity contribution in [1.82, 2.24) is 0 Å². The summed E-state index contributed by atoms with van der Waals surface area (Å²) in [4.78, 5) is 23.2. The molecule has 0 fully saturated rings. The molecule has 0 aromatic rings. The van der Waals surface area contributed by atoms with Crippen LogP contribution in [0.2, 0.25) is 0 Å². The number of unbranched alkanes of at least 4 members (excludes halogenated alkanes) is 2. The molecule has 0 aliphatic rings. The van der Waals surface area contributed by atoms with Crippen molar-refractivity contribution in [2.75, 3.05) is 0 Å². The van der Waals surface area contributed by atoms with Crippen molar-refractivity contribution in [1.29, 1.82) is 0 Å². The van der Waals surface area contributed by atoms with Crippen LogP contribution in [0.4, 0.5) is 0 Å². The Kier molecular flexibility index (Phi) is 11.8. The first kappa shape index (κ1) is 20.2. The van der Waals surface area contributed by atoms with Gasteiger partial charge in [0.05, 0.1) is 0 Å². The van der Waals surface area contributed by atoms with Crippen LogP contribution in [0, 0.1) is 0 Å². The molecular formula is C18H28O4. The van der Waals surface area contributed by atoms with E-state index in [2.05, 4.69) is 27.0 Å². The van der Waals surface area contributed by atoms with E-state index in [1.54, 1.807) is 12.2 Å². The summed E-state index contributed by atoms with van der Waals surface area (Å²) in [5, 5.41) is 0. The van der Waals surface area contributed by atoms with Crippen molar-refractivity contribution in [3.05, 3.63) is 37.5 Å². The molecule has 0 amide bonds. The Morgan fingerprint density at radius 3 is 1.50 bits per heavy atom. The molecule has 0 aromatic heterocycles. The van der Waals surface area contributed by atoms with Crippen LogP contribution in [-0.2, 0) is 19.1 Å². The molecular weight excluding hydrogens is 280 g/mol. The van der Waals surface area contributed by atoms with Crippen LogP contribution in [0.3, 0.4) is 0 Å². The molecule has 0 saturated heterocycles. The summed E-state index contributed by atoms with van der Waals surface area (Å²) in [7, 11) is 0. The number of carbonyl (C=O) groups excluding carboxylic acids is 2. The maximum absolute atomic E-state index is 11.6. The monoisotopic (exact) mass is 308 g/mol. The van der Waals surface area contributed by atoms with Crippen molar-refractivity contribution in [2.45, 2.75) is 64.6 Å². The smallest absolute Gasteiger partial charge is 0.331 e. The van der Waals surface area contributed by atoms with Gasteiger partial charge in [0, 0.05) is 12.2 Å². The normalized spacial score (nSPS) is 13.4. The zero-order valence-corrected chi connectivity index (χ0v) is 13.8. The fraction of sp³-hybridized carbons (Fsp3) is 0.556. The molecule has 0 heterocycles. The van der Waals surface area contributed by atoms with E-state index in [1.807, 2.05) is 0 Å². The number of rotatable bonds is 12. The van der Waals surface area contributed by atoms with Crippen LogP contribution < -0.4 is 0 Å². The minimum atomic E-state index is -0.568. The third kappa shape index (κ3) is 9.97. The highest BCUT2D eigenvalue weighted by atomic mass is 16.5. The Morgan fingerprint density at radius 1 is 0.864 bits per heavy atom. The molecule has 0 aliphatic carbocycles. The zero-order chi connectivity index (χ0) is 16.8. The van der Waals surface area contributed by atoms with Crippen molar-refractivity contribution in [3.63, 3.8) is 0 Å². The number of hydrogen-bond acceptors (Lipinski definition) is 4. The lowest BCUT2D eigenvalue weighted by Crippen LogP contribution is -2.16. The molecule has 0 radical (unpaired) electrons. The quantitative estimate of drug-likeness (QED) is 0.309. The van der Waals surface area contributed by atoms with Gasteiger partial charge >= 0.3 is 11.9 Å². The third-order valence-electron chi connectivity index (χ3n) is 3.10. The Morgan fingerprint density at radius 2 is 1.23 bits per heavy atom. The van der Waals surface area contributed by atoms with Crippen molar-refractivity contribution >= 4 is 11.9 Å². The standard InChI is InChI=1S/C18H28O4/c1-5-9-11-15(7-3)21-17(19)13-14-18(20)22-16(8-4)12-10-6-2/h7-8,13-16H,3-6,9-12H2,1-2H3/b14-13-. The first-order valence-electron chi connectivity index (χ1n) is 7.91. The second-order valence-corrected chi connectivity index (χ2v) is 5.04. The van der Waals surface area contributed by atoms with E-state index >= 15 is 0 Å². The van der Waals surface area contributed by atoms with Gasteiger partial charge in [-0.2, -0.15) is 0 Å². The van der Waals surface area contributed by atoms with Gasteiger partial charge in [0.15, 0.2) is 0 Å². The Labute approximate surface area is 133 Å². The number of carbonyl (C=O) groups is 2. The predicted molar refractivity (Wildman–Crippen MR) is 88.3 cm³/mol. The van der Waals surface area contributed by atoms with E-state index in [1.165, 1.54) is 0 Å². The highest BCUT2D eigenvalue weighted by molar-refractivity contribution is 5.91. The first-order chi connectivity index (χ1) is 10.6. The third-order valence-corrected chi connectivity index (χ3v) is 3.10. The maximum atomic E-state index is 11.6. The molecule has 0 rings (SSSR count). The molecule has 2 atom stereocenters. The Balaban J connectivity index is 4.26. The molecule has 22 heavy (non-hydrogen) atoms. The van der Waals surface area contributed by atoms with E-state index in [0.29, 0.717) is 0 Å². The molecule has 0 bridgehead atoms. The summed E-state index contributed by atoms with van der Waals surface area (Å²) in [6, 6.07) is 0. The summed E-state index contributed by atoms with van der Waals surface area (Å²) < 4.78 is 10.4. The Hall–Kier alpha value is -1.84. The first-order valence-corrected chi connectivity index (χ1v) is 7.91. The van der Waals surface area contributed by atoms with E-state index in [9.17, 15) is 9.59 Å². The fourth-order valence-electron chi connectivity index (χ4n) is 1.77. The fourth-order valence-corrected chi connectivity index (χ4v) is 1.77. The van der Waals surface area contributed by atoms with Gasteiger partial charge in [-0.1, -0.05) is 52.0 Å². The van der Waals surface area contributed by atoms with Gasteiger partial charge in [-0.15, -0.1) is 0 Å². The topological polar surface area (TPSA) is 52.6 Å². The minimum Gasteiger partial charge on any atom is -0.455 e. The van der Waals surface area contributed by atoms with Crippen LogP contribution in [0.5, 0.6) is 0 Å². The molecule has 124 valence electrons. The lowest BCUT2D eigenvalue weighted by molar-refractivity contribution is -0.144. The van der Waals surface area contributed by atoms with Crippen LogP contribution in [0.1, 0.15) is 52.4 Å². The van der Waals surface area contributed by atoms with Gasteiger partial charge in [0.1, 0.15) is 12.2 Å². The lowest BCUT2D eigenvalue weighted by atomic mass is 10.1. The van der Waals surface area contributed by atoms with Crippen LogP contribution in [0.25, 0.3) is 0 Å². The van der Waals surface area contributed by atoms with E-state index in [-0.39, 0.29) is 12.2 Å². The average Bonchev–Trinajstić information content (AvgIpc) is 2.53. The van der Waals surface area contributed by atoms with Crippen LogP contribution >= 0.6 is 0 Å². The Bertz CT molecular complexity index is 349. The predicted octanol–water partition coefficient (Wildman–Crippen LogP) is 4.12. The lowest BCUT2D eigenvalue weighted by Gasteiger charge is -2.12. The van der Waals surface area contributed by atoms with Crippen LogP contribution in [0.15, 0.2) is 37.5 Å². The van der Waals surface area contributed by atoms with Crippen LogP contribution in [-0.4, -0.2) is 24.1 Å². The highest BCUT2D eigenvalue weighted by Gasteiger charge is 2.11. The largest absolute Gasteiger partial charge is 0.455 e. The molecule has 0 aliphatic heterocycles. The summed E-state index contributed by atoms with van der Waals surface area (Å²) in [5.74, 6) is -1.14. The van der Waals surface area contributed by atoms with E-state index in [0.717, 1.165) is 50.7 Å². The molecule has 4 nitrogen and oxygen atoms in total. The van der Waals surface area contributed by atoms with Gasteiger partial charge in [0.25, 0.3) is 0 Å². The molecule has 4 heteroatoms. The number of hydrogen-bond donors (Lipinski definition) is 0. The van der Waals surface area contributed by atoms with Gasteiger partial charge in [-0.3, -0.25) is 0 Å². The maximum Gasteiger partial charge on any atom is 0.331 e.